The van der Waals surface area contributed by atoms with Crippen molar-refractivity contribution in [2.24, 2.45) is 5.73 Å². The van der Waals surface area contributed by atoms with Gasteiger partial charge in [-0.1, -0.05) is 24.3 Å². The van der Waals surface area contributed by atoms with Gasteiger partial charge in [0.15, 0.2) is 0 Å². The monoisotopic (exact) mass is 192 g/mol. The van der Waals surface area contributed by atoms with E-state index < -0.39 is 12.1 Å². The molecule has 0 saturated carbocycles. The van der Waals surface area contributed by atoms with E-state index >= 15 is 0 Å². The number of primary amides is 1. The normalized spacial score (nSPS) is 24.4. The lowest BCUT2D eigenvalue weighted by molar-refractivity contribution is 0.143. The zero-order valence-electron chi connectivity index (χ0n) is 7.60. The molecule has 14 heavy (non-hydrogen) atoms. The number of urea groups is 1. The standard InChI is InChI=1S/C10H12N2O2/c11-10(14)12-9-7-4-2-1-3-6(7)5-8(9)13/h1-4,8-9,13H,5H2,(H3,11,12,14)/t8-,9?/m1/s1. The molecule has 2 amide bonds. The Kier molecular flexibility index (Phi) is 2.13. The Bertz CT molecular complexity index is 365. The summed E-state index contributed by atoms with van der Waals surface area (Å²) in [6.07, 6.45) is 0.00102. The van der Waals surface area contributed by atoms with Crippen LogP contribution < -0.4 is 11.1 Å². The number of hydrogen-bond acceptors (Lipinski definition) is 2. The van der Waals surface area contributed by atoms with Crippen molar-refractivity contribution >= 4 is 6.03 Å². The van der Waals surface area contributed by atoms with Gasteiger partial charge in [0.2, 0.25) is 0 Å². The fourth-order valence-corrected chi connectivity index (χ4v) is 1.90. The van der Waals surface area contributed by atoms with E-state index in [1.165, 1.54) is 0 Å². The maximum atomic E-state index is 10.7. The molecule has 1 aliphatic rings. The van der Waals surface area contributed by atoms with Crippen LogP contribution in [0.1, 0.15) is 17.2 Å². The molecule has 1 aromatic carbocycles. The Morgan fingerprint density at radius 2 is 2.21 bits per heavy atom. The average molecular weight is 192 g/mol. The number of amides is 2. The van der Waals surface area contributed by atoms with Gasteiger partial charge in [0, 0.05) is 6.42 Å². The predicted molar refractivity (Wildman–Crippen MR) is 51.6 cm³/mol. The second kappa shape index (κ2) is 3.31. The molecule has 0 bridgehead atoms. The number of aliphatic hydroxyl groups is 1. The van der Waals surface area contributed by atoms with E-state index in [4.69, 9.17) is 5.73 Å². The topological polar surface area (TPSA) is 75.4 Å². The van der Waals surface area contributed by atoms with Crippen molar-refractivity contribution in [2.75, 3.05) is 0 Å². The molecule has 1 aliphatic carbocycles. The molecule has 0 spiro atoms. The number of rotatable bonds is 1. The molecule has 74 valence electrons. The zero-order valence-corrected chi connectivity index (χ0v) is 7.60. The van der Waals surface area contributed by atoms with Gasteiger partial charge in [0.25, 0.3) is 0 Å². The molecule has 0 saturated heterocycles. The van der Waals surface area contributed by atoms with Crippen molar-refractivity contribution in [1.29, 1.82) is 0 Å². The van der Waals surface area contributed by atoms with E-state index in [2.05, 4.69) is 5.32 Å². The Morgan fingerprint density at radius 3 is 2.93 bits per heavy atom. The van der Waals surface area contributed by atoms with Crippen LogP contribution in [0.25, 0.3) is 0 Å². The number of nitrogens with two attached hydrogens (primary N) is 1. The van der Waals surface area contributed by atoms with Gasteiger partial charge in [0.05, 0.1) is 12.1 Å². The molecule has 4 N–H and O–H groups in total. The first-order valence-electron chi connectivity index (χ1n) is 4.50. The van der Waals surface area contributed by atoms with Crippen LogP contribution in [0.2, 0.25) is 0 Å². The third-order valence-corrected chi connectivity index (χ3v) is 2.50. The van der Waals surface area contributed by atoms with E-state index in [0.717, 1.165) is 11.1 Å². The number of carbonyl (C=O) groups excluding carboxylic acids is 1. The number of carbonyl (C=O) groups is 1. The van der Waals surface area contributed by atoms with E-state index in [1.807, 2.05) is 24.3 Å². The van der Waals surface area contributed by atoms with Crippen LogP contribution in [0.15, 0.2) is 24.3 Å². The molecule has 0 aliphatic heterocycles. The summed E-state index contributed by atoms with van der Waals surface area (Å²) in [6.45, 7) is 0. The number of nitrogens with one attached hydrogen (secondary N) is 1. The minimum atomic E-state index is -0.606. The molecule has 0 heterocycles. The van der Waals surface area contributed by atoms with Crippen LogP contribution in [0.3, 0.4) is 0 Å². The molecule has 1 aromatic rings. The quantitative estimate of drug-likeness (QED) is 0.599. The lowest BCUT2D eigenvalue weighted by Gasteiger charge is -2.15. The summed E-state index contributed by atoms with van der Waals surface area (Å²) >= 11 is 0. The van der Waals surface area contributed by atoms with E-state index in [9.17, 15) is 9.90 Å². The first-order chi connectivity index (χ1) is 6.68. The summed E-state index contributed by atoms with van der Waals surface area (Å²) in [7, 11) is 0. The van der Waals surface area contributed by atoms with Crippen LogP contribution in [-0.2, 0) is 6.42 Å². The van der Waals surface area contributed by atoms with Gasteiger partial charge < -0.3 is 16.2 Å². The first kappa shape index (κ1) is 9.02. The van der Waals surface area contributed by atoms with E-state index in [-0.39, 0.29) is 6.04 Å². The highest BCUT2D eigenvalue weighted by atomic mass is 16.3. The van der Waals surface area contributed by atoms with Crippen LogP contribution in [0.5, 0.6) is 0 Å². The smallest absolute Gasteiger partial charge is 0.312 e. The SMILES string of the molecule is NC(=O)NC1c2ccccc2C[C@H]1O. The molecule has 0 fully saturated rings. The molecule has 0 aromatic heterocycles. The largest absolute Gasteiger partial charge is 0.390 e. The lowest BCUT2D eigenvalue weighted by atomic mass is 10.1. The highest BCUT2D eigenvalue weighted by Crippen LogP contribution is 2.30. The van der Waals surface area contributed by atoms with Crippen molar-refractivity contribution in [2.45, 2.75) is 18.6 Å². The highest BCUT2D eigenvalue weighted by Gasteiger charge is 2.31. The summed E-state index contributed by atoms with van der Waals surface area (Å²) in [4.78, 5) is 10.7. The summed E-state index contributed by atoms with van der Waals surface area (Å²) < 4.78 is 0. The molecular formula is C10H12N2O2. The third kappa shape index (κ3) is 1.44. The maximum Gasteiger partial charge on any atom is 0.312 e. The van der Waals surface area contributed by atoms with Crippen molar-refractivity contribution in [3.63, 3.8) is 0 Å². The maximum absolute atomic E-state index is 10.7. The molecule has 2 rings (SSSR count). The number of hydrogen-bond donors (Lipinski definition) is 3. The molecule has 1 unspecified atom stereocenters. The second-order valence-corrected chi connectivity index (χ2v) is 3.46. The first-order valence-corrected chi connectivity index (χ1v) is 4.50. The van der Waals surface area contributed by atoms with Crippen LogP contribution in [-0.4, -0.2) is 17.2 Å². The summed E-state index contributed by atoms with van der Waals surface area (Å²) in [6, 6.07) is 6.67. The molecule has 2 atom stereocenters. The number of aliphatic hydroxyl groups excluding tert-OH is 1. The summed E-state index contributed by atoms with van der Waals surface area (Å²) in [5.41, 5.74) is 7.06. The fraction of sp³-hybridized carbons (Fsp3) is 0.300. The van der Waals surface area contributed by atoms with Crippen molar-refractivity contribution in [1.82, 2.24) is 5.32 Å². The van der Waals surface area contributed by atoms with Gasteiger partial charge in [-0.05, 0) is 11.1 Å². The summed E-state index contributed by atoms with van der Waals surface area (Å²) in [5, 5.41) is 12.2. The number of fused-ring (bicyclic) bond motifs is 1. The average Bonchev–Trinajstić information content (AvgIpc) is 2.43. The molecule has 4 heteroatoms. The van der Waals surface area contributed by atoms with Crippen LogP contribution >= 0.6 is 0 Å². The van der Waals surface area contributed by atoms with Crippen molar-refractivity contribution in [3.8, 4) is 0 Å². The minimum absolute atomic E-state index is 0.358. The number of benzene rings is 1. The van der Waals surface area contributed by atoms with Gasteiger partial charge >= 0.3 is 6.03 Å². The molecular weight excluding hydrogens is 180 g/mol. The lowest BCUT2D eigenvalue weighted by Crippen LogP contribution is -2.37. The van der Waals surface area contributed by atoms with Gasteiger partial charge in [-0.25, -0.2) is 4.79 Å². The van der Waals surface area contributed by atoms with Gasteiger partial charge in [-0.2, -0.15) is 0 Å². The van der Waals surface area contributed by atoms with Gasteiger partial charge in [0.1, 0.15) is 0 Å². The van der Waals surface area contributed by atoms with Crippen molar-refractivity contribution in [3.05, 3.63) is 35.4 Å². The Labute approximate surface area is 81.7 Å². The fourth-order valence-electron chi connectivity index (χ4n) is 1.90. The van der Waals surface area contributed by atoms with Gasteiger partial charge in [-0.15, -0.1) is 0 Å². The Balaban J connectivity index is 2.30. The van der Waals surface area contributed by atoms with Gasteiger partial charge in [-0.3, -0.25) is 0 Å². The van der Waals surface area contributed by atoms with Crippen molar-refractivity contribution < 1.29 is 9.90 Å². The predicted octanol–water partition coefficient (Wildman–Crippen LogP) is 0.313. The minimum Gasteiger partial charge on any atom is -0.390 e. The third-order valence-electron chi connectivity index (χ3n) is 2.50. The summed E-state index contributed by atoms with van der Waals surface area (Å²) in [5.74, 6) is 0. The van der Waals surface area contributed by atoms with E-state index in [1.54, 1.807) is 0 Å². The Morgan fingerprint density at radius 1 is 1.50 bits per heavy atom. The van der Waals surface area contributed by atoms with Crippen LogP contribution in [0, 0.1) is 0 Å². The zero-order chi connectivity index (χ0) is 10.1. The second-order valence-electron chi connectivity index (χ2n) is 3.46. The van der Waals surface area contributed by atoms with Crippen LogP contribution in [0.4, 0.5) is 4.79 Å². The molecule has 4 nitrogen and oxygen atoms in total. The Hall–Kier alpha value is -1.55. The van der Waals surface area contributed by atoms with E-state index in [0.29, 0.717) is 6.42 Å². The highest BCUT2D eigenvalue weighted by molar-refractivity contribution is 5.72. The molecule has 0 radical (unpaired) electrons.